The molecule has 2 fully saturated rings. The third-order valence-electron chi connectivity index (χ3n) is 14.8. The van der Waals surface area contributed by atoms with Crippen molar-refractivity contribution in [1.82, 2.24) is 26.6 Å². The summed E-state index contributed by atoms with van der Waals surface area (Å²) in [5, 5.41) is 35.9. The molecule has 5 unspecified atom stereocenters. The van der Waals surface area contributed by atoms with Gasteiger partial charge in [0.15, 0.2) is 23.1 Å². The molecule has 2 aliphatic heterocycles. The molecule has 6 rings (SSSR count). The number of allylic oxidation sites excluding steroid dienone is 3. The van der Waals surface area contributed by atoms with Crippen LogP contribution in [-0.2, 0) is 74.9 Å². The monoisotopic (exact) mass is 1630 g/mol. The predicted molar refractivity (Wildman–Crippen MR) is 428 cm³/mol. The number of aldehydes is 1. The van der Waals surface area contributed by atoms with Gasteiger partial charge < -0.3 is 77.3 Å². The molecule has 17 N–H and O–H groups in total. The van der Waals surface area contributed by atoms with E-state index in [2.05, 4.69) is 54.5 Å². The summed E-state index contributed by atoms with van der Waals surface area (Å²) in [7, 11) is 0. The van der Waals surface area contributed by atoms with Crippen LogP contribution < -0.4 is 55.5 Å². The van der Waals surface area contributed by atoms with Gasteiger partial charge in [0.1, 0.15) is 18.7 Å². The number of carbonyl (C=O) groups excluding carboxylic acids is 9. The van der Waals surface area contributed by atoms with Crippen LogP contribution in [0, 0.1) is 6.42 Å². The number of thioether (sulfide) groups is 1. The van der Waals surface area contributed by atoms with Gasteiger partial charge in [0, 0.05) is 101 Å². The average Bonchev–Trinajstić information content (AvgIpc) is 1.67. The van der Waals surface area contributed by atoms with Gasteiger partial charge in [0.25, 0.3) is 5.71 Å². The second-order valence-electron chi connectivity index (χ2n) is 24.2. The molecular weight excluding hydrogens is 1510 g/mol. The molecule has 0 radical (unpaired) electrons. The number of nitrogens with two attached hydrogens (primary N) is 5. The van der Waals surface area contributed by atoms with E-state index in [0.29, 0.717) is 140 Å². The van der Waals surface area contributed by atoms with Gasteiger partial charge in [-0.3, -0.25) is 51.1 Å². The van der Waals surface area contributed by atoms with E-state index in [4.69, 9.17) is 47.4 Å². The molecule has 112 heavy (non-hydrogen) atoms. The topological polar surface area (TPSA) is 510 Å². The third-order valence-corrected chi connectivity index (χ3v) is 16.3. The van der Waals surface area contributed by atoms with Gasteiger partial charge in [0.2, 0.25) is 12.3 Å². The molecule has 0 bridgehead atoms. The minimum atomic E-state index is -1.44. The second-order valence-corrected chi connectivity index (χ2v) is 25.7. The number of nitrogens with one attached hydrogen (secondary N) is 5. The number of carbonyl (C=O) groups is 9. The summed E-state index contributed by atoms with van der Waals surface area (Å²) in [6.07, 6.45) is 17.0. The Labute approximate surface area is 669 Å². The number of urea groups is 1. The number of aliphatic hydroxyl groups is 2. The van der Waals surface area contributed by atoms with Crippen molar-refractivity contribution in [3.8, 4) is 0 Å². The van der Waals surface area contributed by atoms with Crippen molar-refractivity contribution in [3.05, 3.63) is 172 Å². The van der Waals surface area contributed by atoms with Gasteiger partial charge in [0.05, 0.1) is 64.9 Å². The number of rotatable bonds is 47. The Morgan fingerprint density at radius 1 is 0.554 bits per heavy atom. The summed E-state index contributed by atoms with van der Waals surface area (Å²) in [5.41, 5.74) is 30.1. The molecule has 0 aromatic heterocycles. The number of unbranched alkanes of at least 4 members (excludes halogenated alkanes) is 1. The van der Waals surface area contributed by atoms with Crippen LogP contribution in [0.5, 0.6) is 0 Å². The van der Waals surface area contributed by atoms with Gasteiger partial charge in [-0.1, -0.05) is 116 Å². The summed E-state index contributed by atoms with van der Waals surface area (Å²) in [5.74, 6) is 8.75. The van der Waals surface area contributed by atoms with E-state index < -0.39 is 27.3 Å². The van der Waals surface area contributed by atoms with E-state index in [9.17, 15) is 53.4 Å². The van der Waals surface area contributed by atoms with E-state index in [1.165, 1.54) is 53.7 Å². The molecule has 2 heterocycles. The zero-order chi connectivity index (χ0) is 84.0. The minimum absolute atomic E-state index is 0.00639. The van der Waals surface area contributed by atoms with Crippen LogP contribution in [-0.4, -0.2) is 209 Å². The Balaban J connectivity index is 0. The van der Waals surface area contributed by atoms with Crippen molar-refractivity contribution in [3.63, 3.8) is 0 Å². The molecule has 4 aromatic carbocycles. The molecule has 0 spiro atoms. The van der Waals surface area contributed by atoms with Crippen molar-refractivity contribution in [2.45, 2.75) is 130 Å². The predicted octanol–water partition coefficient (Wildman–Crippen LogP) is 6.30. The Morgan fingerprint density at radius 3 is 1.28 bits per heavy atom. The molecule has 2 aliphatic rings. The molecule has 621 valence electrons. The maximum atomic E-state index is 12.0. The van der Waals surface area contributed by atoms with Crippen LogP contribution in [0.15, 0.2) is 115 Å². The normalized spacial score (nSPS) is 13.9. The summed E-state index contributed by atoms with van der Waals surface area (Å²) in [6.45, 7) is 19.8. The molecule has 0 aliphatic carbocycles. The number of nitrogens with zero attached hydrogens (tertiary/aromatic N) is 2. The quantitative estimate of drug-likeness (QED) is 0.00183. The van der Waals surface area contributed by atoms with E-state index >= 15 is 0 Å². The van der Waals surface area contributed by atoms with Crippen LogP contribution in [0.1, 0.15) is 171 Å². The molecule has 0 saturated carbocycles. The van der Waals surface area contributed by atoms with E-state index in [0.717, 1.165) is 91.2 Å². The van der Waals surface area contributed by atoms with Crippen LogP contribution in [0.3, 0.4) is 0 Å². The van der Waals surface area contributed by atoms with Gasteiger partial charge in [-0.15, -0.1) is 0 Å². The Morgan fingerprint density at radius 2 is 0.920 bits per heavy atom. The number of amides is 3. The number of Topliss-reactive ketones (excluding diaryl/α,β-unsaturated/α-hetero) is 4. The third kappa shape index (κ3) is 59.4. The van der Waals surface area contributed by atoms with E-state index in [1.807, 2.05) is 78.5 Å². The second kappa shape index (κ2) is 71.7. The molecule has 3 amide bonds. The van der Waals surface area contributed by atoms with Crippen LogP contribution in [0.4, 0.5) is 4.79 Å². The van der Waals surface area contributed by atoms with Crippen LogP contribution >= 0.6 is 11.8 Å². The molecular formula is C79H119MnN12O19S+. The van der Waals surface area contributed by atoms with Crippen LogP contribution in [0.2, 0.25) is 0 Å². The van der Waals surface area contributed by atoms with E-state index in [-0.39, 0.29) is 65.4 Å². The van der Waals surface area contributed by atoms with Crippen molar-refractivity contribution >= 4 is 88.6 Å². The standard InChI is InChI=1S/C31H48N6O6S.C21H34N2O5.C12H12O2.C9H8O2.C5H7O2.CH6N2.Mn.H4N2.2O/c1-23(37-32)8-9-24-10-12-25(13-11-24)30(39)34-15-5-17-42-19-21-43-20-18-41-16-4-14-33-28(38)7-3-2-6-27-29-26(22-44-27)35-31(40)36-29;1-18(24)4-5-19-6-8-20(9-7-19)21(25)23-11-3-13-27-15-17-28-16-14-26-12-2-10-22;1-9(13)3-4-11-5-7-12(8-6-11)10(2)14;1-7(11)9-4-2-8(6-10)3-5-9;1-4(6)3-5(2)7;2-1-3;;1-2;;/h8-13,26-27,29-30,34,39H,2-7,14-22H2,1H3,(H,33,38)(H2,35,36,40);4-9,21,23,25H,2-3,10-17,22H2,1H3;3-8H,1-2H3;2-6H,1H3;3H,1-2H3;1-3H2;;1-2H2;;/q;;;;+1;;;;;/b9-8-;5-4-;4-3-;;;;;;;. The van der Waals surface area contributed by atoms with Crippen molar-refractivity contribution in [2.24, 2.45) is 28.9 Å². The first kappa shape index (κ1) is 106. The van der Waals surface area contributed by atoms with E-state index in [1.54, 1.807) is 61.5 Å². The van der Waals surface area contributed by atoms with Gasteiger partial charge in [-0.2, -0.15) is 16.6 Å². The first-order valence-corrected chi connectivity index (χ1v) is 38.4. The summed E-state index contributed by atoms with van der Waals surface area (Å²) < 4.78 is 49.7. The first-order chi connectivity index (χ1) is 53.9. The number of hydrazine groups is 1. The van der Waals surface area contributed by atoms with Crippen molar-refractivity contribution in [1.29, 1.82) is 0 Å². The fourth-order valence-electron chi connectivity index (χ4n) is 9.26. The SMILES string of the molecule is CC(/C=C\c1ccc(C(O)NCCCOCCOCCOCCCNC(=O)CCCCC2SCC3NC(=O)NC32)cc1)=[N+]=[N-].CC(=O)/C=C\c1ccc(C(C)=O)cc1.CC(=O)/C=C\c1ccc(C(O)NCCCOCCOCCOCCCN)cc1.CC(=O)[CH+]C(C)=O.CC(=O)c1ccc(C=O)cc1.NCN.NN.[O]=[Mn]=[O]. The number of ether oxygens (including phenoxy) is 6. The Kier molecular flexibility index (Phi) is 67.6. The van der Waals surface area contributed by atoms with Crippen molar-refractivity contribution < 1.29 is 109 Å². The van der Waals surface area contributed by atoms with Crippen molar-refractivity contribution in [2.75, 3.05) is 118 Å². The zero-order valence-electron chi connectivity index (χ0n) is 65.5. The Bertz CT molecular complexity index is 3420. The average molecular weight is 1630 g/mol. The maximum absolute atomic E-state index is 12.0. The molecule has 31 nitrogen and oxygen atoms in total. The Hall–Kier alpha value is -8.35. The fourth-order valence-corrected chi connectivity index (χ4v) is 10.8. The van der Waals surface area contributed by atoms with Crippen LogP contribution in [0.25, 0.3) is 23.8 Å². The first-order valence-electron chi connectivity index (χ1n) is 36.4. The summed E-state index contributed by atoms with van der Waals surface area (Å²) in [6, 6.07) is 29.0. The van der Waals surface area contributed by atoms with Gasteiger partial charge >= 0.3 is 40.1 Å². The number of benzene rings is 4. The van der Waals surface area contributed by atoms with Gasteiger partial charge in [-0.05, 0) is 132 Å². The molecule has 33 heteroatoms. The van der Waals surface area contributed by atoms with Gasteiger partial charge in [-0.25, -0.2) is 14.4 Å². The molecule has 2 saturated heterocycles. The number of hydrogen-bond donors (Lipinski definition) is 12. The number of hydrogen-bond acceptors (Lipinski definition) is 27. The zero-order valence-corrected chi connectivity index (χ0v) is 67.5. The molecule has 5 atom stereocenters. The number of ketones is 6. The fraction of sp³-hybridized carbons (Fsp3) is 0.481. The summed E-state index contributed by atoms with van der Waals surface area (Å²) in [4.78, 5) is 100. The number of fused-ring (bicyclic) bond motifs is 1. The summed E-state index contributed by atoms with van der Waals surface area (Å²) >= 11 is 0.469. The number of aliphatic hydroxyl groups excluding tert-OH is 2. The molecule has 4 aromatic rings.